The van der Waals surface area contributed by atoms with Gasteiger partial charge in [-0.25, -0.2) is 14.5 Å². The first kappa shape index (κ1) is 21.4. The van der Waals surface area contributed by atoms with Gasteiger partial charge in [0.05, 0.1) is 17.0 Å². The van der Waals surface area contributed by atoms with E-state index in [9.17, 15) is 27.6 Å². The lowest BCUT2D eigenvalue weighted by Crippen LogP contribution is -2.20. The number of thioether (sulfide) groups is 1. The van der Waals surface area contributed by atoms with E-state index in [-0.39, 0.29) is 28.3 Å². The average molecular weight is 436 g/mol. The Morgan fingerprint density at radius 3 is 2.43 bits per heavy atom. The third kappa shape index (κ3) is 4.79. The first-order chi connectivity index (χ1) is 14.2. The summed E-state index contributed by atoms with van der Waals surface area (Å²) in [6.07, 6.45) is -4.67. The number of aromatic nitrogens is 3. The van der Waals surface area contributed by atoms with Crippen molar-refractivity contribution in [2.45, 2.75) is 18.3 Å². The summed E-state index contributed by atoms with van der Waals surface area (Å²) in [7, 11) is 0. The highest BCUT2D eigenvalue weighted by atomic mass is 32.2. The van der Waals surface area contributed by atoms with E-state index in [0.29, 0.717) is 11.3 Å². The lowest BCUT2D eigenvalue weighted by atomic mass is 10.1. The van der Waals surface area contributed by atoms with Crippen LogP contribution in [0.25, 0.3) is 5.69 Å². The fraction of sp³-hybridized carbons (Fsp3) is 0.158. The molecule has 2 aromatic carbocycles. The number of alkyl halides is 3. The second-order valence-electron chi connectivity index (χ2n) is 6.13. The molecule has 1 heterocycles. The minimum absolute atomic E-state index is 0.0695. The number of carbonyl (C=O) groups excluding carboxylic acids is 2. The van der Waals surface area contributed by atoms with Gasteiger partial charge < -0.3 is 5.32 Å². The van der Waals surface area contributed by atoms with E-state index >= 15 is 0 Å². The smallest absolute Gasteiger partial charge is 0.326 e. The van der Waals surface area contributed by atoms with Gasteiger partial charge >= 0.3 is 11.9 Å². The molecule has 0 bridgehead atoms. The molecular weight excluding hydrogens is 421 g/mol. The van der Waals surface area contributed by atoms with Crippen molar-refractivity contribution < 1.29 is 22.8 Å². The fourth-order valence-corrected chi connectivity index (χ4v) is 3.50. The highest BCUT2D eigenvalue weighted by Crippen LogP contribution is 2.34. The number of anilines is 1. The number of nitrogens with zero attached hydrogens (tertiary/aromatic N) is 2. The number of para-hydroxylation sites is 1. The number of H-pyrrole nitrogens is 1. The van der Waals surface area contributed by atoms with Crippen LogP contribution in [0.1, 0.15) is 22.8 Å². The number of hydrogen-bond acceptors (Lipinski definition) is 5. The van der Waals surface area contributed by atoms with Crippen LogP contribution in [0, 0.1) is 0 Å². The highest BCUT2D eigenvalue weighted by Gasteiger charge is 2.34. The Labute approximate surface area is 172 Å². The number of benzene rings is 2. The number of rotatable bonds is 6. The van der Waals surface area contributed by atoms with E-state index in [1.54, 1.807) is 12.1 Å². The zero-order valence-electron chi connectivity index (χ0n) is 15.5. The quantitative estimate of drug-likeness (QED) is 0.455. The summed E-state index contributed by atoms with van der Waals surface area (Å²) in [5, 5.41) is 8.38. The van der Waals surface area contributed by atoms with Crippen LogP contribution in [0.4, 0.5) is 18.9 Å². The zero-order chi connectivity index (χ0) is 21.9. The van der Waals surface area contributed by atoms with E-state index in [1.165, 1.54) is 31.2 Å². The molecule has 0 spiro atoms. The third-order valence-corrected chi connectivity index (χ3v) is 4.89. The number of nitrogens with one attached hydrogen (secondary N) is 2. The van der Waals surface area contributed by atoms with Gasteiger partial charge in [0.25, 0.3) is 0 Å². The van der Waals surface area contributed by atoms with Crippen molar-refractivity contribution in [3.63, 3.8) is 0 Å². The first-order valence-electron chi connectivity index (χ1n) is 8.54. The van der Waals surface area contributed by atoms with E-state index in [2.05, 4.69) is 15.5 Å². The van der Waals surface area contributed by atoms with E-state index in [0.717, 1.165) is 28.5 Å². The Balaban J connectivity index is 1.81. The molecule has 0 unspecified atom stereocenters. The molecule has 3 rings (SSSR count). The number of Topliss-reactive ketones (excluding diaryl/α,β-unsaturated/α-hetero) is 1. The lowest BCUT2D eigenvalue weighted by Gasteiger charge is -2.13. The topological polar surface area (TPSA) is 96.8 Å². The van der Waals surface area contributed by atoms with Crippen LogP contribution in [0.15, 0.2) is 58.5 Å². The van der Waals surface area contributed by atoms with E-state index in [4.69, 9.17) is 0 Å². The van der Waals surface area contributed by atoms with Crippen LogP contribution < -0.4 is 11.0 Å². The van der Waals surface area contributed by atoms with Crippen LogP contribution in [-0.2, 0) is 11.0 Å². The second-order valence-corrected chi connectivity index (χ2v) is 7.07. The monoisotopic (exact) mass is 436 g/mol. The zero-order valence-corrected chi connectivity index (χ0v) is 16.3. The molecule has 0 saturated heterocycles. The summed E-state index contributed by atoms with van der Waals surface area (Å²) in [5.74, 6) is -0.724. The Kier molecular flexibility index (Phi) is 6.11. The Bertz CT molecular complexity index is 1140. The van der Waals surface area contributed by atoms with Crippen molar-refractivity contribution in [1.82, 2.24) is 14.8 Å². The van der Waals surface area contributed by atoms with Gasteiger partial charge in [-0.15, -0.1) is 5.10 Å². The van der Waals surface area contributed by atoms with Crippen molar-refractivity contribution in [2.75, 3.05) is 11.1 Å². The SMILES string of the molecule is CC(=O)Nc1ccc(C(=O)CSc2n[nH]c(=O)n2-c2ccccc2C(F)(F)F)cc1. The van der Waals surface area contributed by atoms with Gasteiger partial charge in [-0.3, -0.25) is 9.59 Å². The van der Waals surface area contributed by atoms with Crippen LogP contribution in [0.2, 0.25) is 0 Å². The van der Waals surface area contributed by atoms with Crippen LogP contribution >= 0.6 is 11.8 Å². The van der Waals surface area contributed by atoms with Crippen LogP contribution in [0.3, 0.4) is 0 Å². The summed E-state index contributed by atoms with van der Waals surface area (Å²) in [5.41, 5.74) is -1.34. The van der Waals surface area contributed by atoms with E-state index < -0.39 is 17.4 Å². The normalized spacial score (nSPS) is 11.3. The standard InChI is InChI=1S/C19H15F3N4O3S/c1-11(27)23-13-8-6-12(7-9-13)16(28)10-30-18-25-24-17(29)26(18)15-5-3-2-4-14(15)19(20,21)22/h2-9H,10H2,1H3,(H,23,27)(H,24,29). The molecule has 2 N–H and O–H groups in total. The van der Waals surface area contributed by atoms with Gasteiger partial charge in [0.15, 0.2) is 10.9 Å². The summed E-state index contributed by atoms with van der Waals surface area (Å²) >= 11 is 0.834. The van der Waals surface area contributed by atoms with E-state index in [1.807, 2.05) is 0 Å². The van der Waals surface area contributed by atoms with Crippen molar-refractivity contribution in [3.8, 4) is 5.69 Å². The molecular formula is C19H15F3N4O3S. The first-order valence-corrected chi connectivity index (χ1v) is 9.53. The van der Waals surface area contributed by atoms with Gasteiger partial charge in [0.2, 0.25) is 5.91 Å². The molecule has 156 valence electrons. The van der Waals surface area contributed by atoms with Gasteiger partial charge in [-0.2, -0.15) is 13.2 Å². The molecule has 11 heteroatoms. The summed E-state index contributed by atoms with van der Waals surface area (Å²) in [6.45, 7) is 1.36. The van der Waals surface area contributed by atoms with Crippen molar-refractivity contribution in [1.29, 1.82) is 0 Å². The third-order valence-electron chi connectivity index (χ3n) is 3.95. The number of amides is 1. The molecule has 0 saturated carbocycles. The second kappa shape index (κ2) is 8.57. The number of carbonyl (C=O) groups is 2. The molecule has 30 heavy (non-hydrogen) atoms. The summed E-state index contributed by atoms with van der Waals surface area (Å²) < 4.78 is 40.7. The van der Waals surface area contributed by atoms with Gasteiger partial charge in [0, 0.05) is 18.2 Å². The summed E-state index contributed by atoms with van der Waals surface area (Å²) in [4.78, 5) is 35.6. The minimum Gasteiger partial charge on any atom is -0.326 e. The maximum Gasteiger partial charge on any atom is 0.418 e. The van der Waals surface area contributed by atoms with Gasteiger partial charge in [-0.05, 0) is 36.4 Å². The van der Waals surface area contributed by atoms with Gasteiger partial charge in [-0.1, -0.05) is 23.9 Å². The Morgan fingerprint density at radius 2 is 1.80 bits per heavy atom. The number of ketones is 1. The van der Waals surface area contributed by atoms with Crippen molar-refractivity contribution in [3.05, 3.63) is 70.1 Å². The molecule has 0 atom stereocenters. The molecule has 0 radical (unpaired) electrons. The Hall–Kier alpha value is -3.34. The molecule has 0 fully saturated rings. The Morgan fingerprint density at radius 1 is 1.13 bits per heavy atom. The maximum atomic E-state index is 13.3. The fourth-order valence-electron chi connectivity index (χ4n) is 2.66. The maximum absolute atomic E-state index is 13.3. The van der Waals surface area contributed by atoms with Crippen molar-refractivity contribution >= 4 is 29.1 Å². The molecule has 1 amide bonds. The highest BCUT2D eigenvalue weighted by molar-refractivity contribution is 7.99. The van der Waals surface area contributed by atoms with Gasteiger partial charge in [0.1, 0.15) is 0 Å². The lowest BCUT2D eigenvalue weighted by molar-refractivity contribution is -0.137. The molecule has 0 aliphatic carbocycles. The van der Waals surface area contributed by atoms with Crippen molar-refractivity contribution in [2.24, 2.45) is 0 Å². The number of halogens is 3. The number of hydrogen-bond donors (Lipinski definition) is 2. The van der Waals surface area contributed by atoms with Crippen LogP contribution in [0.5, 0.6) is 0 Å². The molecule has 0 aliphatic heterocycles. The van der Waals surface area contributed by atoms with Crippen LogP contribution in [-0.4, -0.2) is 32.2 Å². The predicted molar refractivity (Wildman–Crippen MR) is 105 cm³/mol. The minimum atomic E-state index is -4.67. The average Bonchev–Trinajstić information content (AvgIpc) is 3.06. The molecule has 0 aliphatic rings. The number of aromatic amines is 1. The molecule has 7 nitrogen and oxygen atoms in total. The molecule has 3 aromatic rings. The largest absolute Gasteiger partial charge is 0.418 e. The molecule has 1 aromatic heterocycles. The predicted octanol–water partition coefficient (Wildman–Crippen LogP) is 3.51. The summed E-state index contributed by atoms with van der Waals surface area (Å²) in [6, 6.07) is 10.8.